The number of halogens is 1. The molecule has 0 amide bonds. The molecule has 1 aromatic carbocycles. The van der Waals surface area contributed by atoms with Crippen molar-refractivity contribution in [2.75, 3.05) is 5.75 Å². The molecule has 25 heavy (non-hydrogen) atoms. The van der Waals surface area contributed by atoms with Gasteiger partial charge in [0.05, 0.1) is 11.1 Å². The van der Waals surface area contributed by atoms with E-state index in [0.717, 1.165) is 4.88 Å². The predicted molar refractivity (Wildman–Crippen MR) is 105 cm³/mol. The second-order valence-corrected chi connectivity index (χ2v) is 8.01. The van der Waals surface area contributed by atoms with Crippen molar-refractivity contribution >= 4 is 50.7 Å². The van der Waals surface area contributed by atoms with Gasteiger partial charge in [0.2, 0.25) is 0 Å². The SMILES string of the molecule is C=CCn1c(SCC(=O)c2ccc(Cl)cc2)nc2sc(C)cc2c1=O. The Bertz CT molecular complexity index is 1010. The lowest BCUT2D eigenvalue weighted by atomic mass is 10.1. The summed E-state index contributed by atoms with van der Waals surface area (Å²) in [5.74, 6) is 0.157. The first-order valence-corrected chi connectivity index (χ1v) is 9.71. The highest BCUT2D eigenvalue weighted by molar-refractivity contribution is 7.99. The number of aryl methyl sites for hydroxylation is 1. The van der Waals surface area contributed by atoms with E-state index in [9.17, 15) is 9.59 Å². The molecular formula is C18H15ClN2O2S2. The van der Waals surface area contributed by atoms with E-state index in [1.165, 1.54) is 23.1 Å². The van der Waals surface area contributed by atoms with Crippen LogP contribution in [0.4, 0.5) is 0 Å². The van der Waals surface area contributed by atoms with Crippen molar-refractivity contribution in [2.45, 2.75) is 18.6 Å². The fourth-order valence-corrected chi connectivity index (χ4v) is 4.32. The van der Waals surface area contributed by atoms with Crippen LogP contribution in [0.15, 0.2) is 52.9 Å². The average molecular weight is 391 g/mol. The Morgan fingerprint density at radius 3 is 2.80 bits per heavy atom. The first-order chi connectivity index (χ1) is 12.0. The summed E-state index contributed by atoms with van der Waals surface area (Å²) in [6, 6.07) is 8.61. The number of ketones is 1. The van der Waals surface area contributed by atoms with Gasteiger partial charge in [-0.15, -0.1) is 17.9 Å². The van der Waals surface area contributed by atoms with Gasteiger partial charge in [0.1, 0.15) is 4.83 Å². The Labute approximate surface area is 158 Å². The van der Waals surface area contributed by atoms with E-state index in [4.69, 9.17) is 11.6 Å². The number of hydrogen-bond donors (Lipinski definition) is 0. The molecule has 3 aromatic rings. The molecule has 0 saturated heterocycles. The van der Waals surface area contributed by atoms with E-state index < -0.39 is 0 Å². The molecule has 0 N–H and O–H groups in total. The zero-order valence-corrected chi connectivity index (χ0v) is 15.9. The average Bonchev–Trinajstić information content (AvgIpc) is 2.97. The molecule has 0 saturated carbocycles. The van der Waals surface area contributed by atoms with Gasteiger partial charge in [-0.25, -0.2) is 4.98 Å². The molecule has 0 bridgehead atoms. The summed E-state index contributed by atoms with van der Waals surface area (Å²) in [6.45, 7) is 6.00. The van der Waals surface area contributed by atoms with Crippen LogP contribution in [0.25, 0.3) is 10.2 Å². The van der Waals surface area contributed by atoms with Crippen molar-refractivity contribution in [1.29, 1.82) is 0 Å². The highest BCUT2D eigenvalue weighted by Gasteiger charge is 2.15. The molecule has 0 unspecified atom stereocenters. The molecule has 0 radical (unpaired) electrons. The van der Waals surface area contributed by atoms with Crippen LogP contribution in [0.2, 0.25) is 5.02 Å². The Morgan fingerprint density at radius 1 is 1.40 bits per heavy atom. The van der Waals surface area contributed by atoms with Crippen LogP contribution >= 0.6 is 34.7 Å². The van der Waals surface area contributed by atoms with Crippen molar-refractivity contribution in [3.8, 4) is 0 Å². The van der Waals surface area contributed by atoms with E-state index >= 15 is 0 Å². The number of nitrogens with zero attached hydrogens (tertiary/aromatic N) is 2. The molecule has 4 nitrogen and oxygen atoms in total. The highest BCUT2D eigenvalue weighted by Crippen LogP contribution is 2.25. The first-order valence-electron chi connectivity index (χ1n) is 7.53. The molecule has 128 valence electrons. The monoisotopic (exact) mass is 390 g/mol. The second kappa shape index (κ2) is 7.56. The van der Waals surface area contributed by atoms with Gasteiger partial charge in [-0.05, 0) is 37.3 Å². The first kappa shape index (κ1) is 17.9. The lowest BCUT2D eigenvalue weighted by Gasteiger charge is -2.09. The number of fused-ring (bicyclic) bond motifs is 1. The van der Waals surface area contributed by atoms with Gasteiger partial charge < -0.3 is 0 Å². The Kier molecular flexibility index (Phi) is 5.42. The van der Waals surface area contributed by atoms with Crippen LogP contribution in [-0.2, 0) is 6.54 Å². The predicted octanol–water partition coefficient (Wildman–Crippen LogP) is 4.58. The van der Waals surface area contributed by atoms with Crippen molar-refractivity contribution < 1.29 is 4.79 Å². The molecule has 0 fully saturated rings. The fourth-order valence-electron chi connectivity index (χ4n) is 2.37. The molecule has 3 rings (SSSR count). The zero-order chi connectivity index (χ0) is 18.0. The van der Waals surface area contributed by atoms with Crippen molar-refractivity contribution in [2.24, 2.45) is 0 Å². The Morgan fingerprint density at radius 2 is 2.12 bits per heavy atom. The smallest absolute Gasteiger partial charge is 0.263 e. The molecule has 0 aliphatic heterocycles. The summed E-state index contributed by atoms with van der Waals surface area (Å²) in [6.07, 6.45) is 1.65. The van der Waals surface area contributed by atoms with Gasteiger partial charge in [0.15, 0.2) is 10.9 Å². The normalized spacial score (nSPS) is 11.0. The Hall–Kier alpha value is -1.89. The molecule has 2 heterocycles. The summed E-state index contributed by atoms with van der Waals surface area (Å²) in [5.41, 5.74) is 0.484. The van der Waals surface area contributed by atoms with Crippen LogP contribution in [-0.4, -0.2) is 21.1 Å². The maximum atomic E-state index is 12.7. The quantitative estimate of drug-likeness (QED) is 0.267. The zero-order valence-electron chi connectivity index (χ0n) is 13.5. The number of benzene rings is 1. The number of carbonyl (C=O) groups is 1. The third-order valence-electron chi connectivity index (χ3n) is 3.55. The summed E-state index contributed by atoms with van der Waals surface area (Å²) in [4.78, 5) is 31.3. The highest BCUT2D eigenvalue weighted by atomic mass is 35.5. The largest absolute Gasteiger partial charge is 0.293 e. The third-order valence-corrected chi connectivity index (χ3v) is 5.72. The number of rotatable bonds is 6. The number of aromatic nitrogens is 2. The molecule has 0 atom stereocenters. The van der Waals surface area contributed by atoms with Crippen LogP contribution < -0.4 is 5.56 Å². The van der Waals surface area contributed by atoms with Gasteiger partial charge in [0, 0.05) is 22.0 Å². The van der Waals surface area contributed by atoms with E-state index in [0.29, 0.717) is 32.5 Å². The van der Waals surface area contributed by atoms with Gasteiger partial charge in [-0.3, -0.25) is 14.2 Å². The number of carbonyl (C=O) groups excluding carboxylic acids is 1. The second-order valence-electron chi connectivity index (χ2n) is 5.39. The molecule has 0 spiro atoms. The van der Waals surface area contributed by atoms with Crippen LogP contribution in [0.3, 0.4) is 0 Å². The molecule has 0 aliphatic carbocycles. The summed E-state index contributed by atoms with van der Waals surface area (Å²) in [7, 11) is 0. The maximum absolute atomic E-state index is 12.7. The van der Waals surface area contributed by atoms with Crippen LogP contribution in [0.1, 0.15) is 15.2 Å². The number of hydrogen-bond acceptors (Lipinski definition) is 5. The van der Waals surface area contributed by atoms with Gasteiger partial charge in [0.25, 0.3) is 5.56 Å². The minimum atomic E-state index is -0.101. The standard InChI is InChI=1S/C18H15ClN2O2S2/c1-3-8-21-17(23)14-9-11(2)25-16(14)20-18(21)24-10-15(22)12-4-6-13(19)7-5-12/h3-7,9H,1,8,10H2,2H3. The molecule has 2 aromatic heterocycles. The minimum Gasteiger partial charge on any atom is -0.293 e. The summed E-state index contributed by atoms with van der Waals surface area (Å²) < 4.78 is 1.56. The lowest BCUT2D eigenvalue weighted by molar-refractivity contribution is 0.102. The van der Waals surface area contributed by atoms with Gasteiger partial charge in [-0.1, -0.05) is 29.4 Å². The van der Waals surface area contributed by atoms with Crippen molar-refractivity contribution in [1.82, 2.24) is 9.55 Å². The Balaban J connectivity index is 1.90. The third kappa shape index (κ3) is 3.86. The fraction of sp³-hybridized carbons (Fsp3) is 0.167. The molecule has 0 aliphatic rings. The molecule has 7 heteroatoms. The van der Waals surface area contributed by atoms with Crippen LogP contribution in [0, 0.1) is 6.92 Å². The maximum Gasteiger partial charge on any atom is 0.263 e. The lowest BCUT2D eigenvalue weighted by Crippen LogP contribution is -2.22. The van der Waals surface area contributed by atoms with E-state index in [1.807, 2.05) is 13.0 Å². The number of allylic oxidation sites excluding steroid dienone is 1. The van der Waals surface area contributed by atoms with Crippen LogP contribution in [0.5, 0.6) is 0 Å². The molecular weight excluding hydrogens is 376 g/mol. The number of thioether (sulfide) groups is 1. The minimum absolute atomic E-state index is 0.0384. The topological polar surface area (TPSA) is 52.0 Å². The van der Waals surface area contributed by atoms with Gasteiger partial charge >= 0.3 is 0 Å². The van der Waals surface area contributed by atoms with Crippen molar-refractivity contribution in [3.63, 3.8) is 0 Å². The summed E-state index contributed by atoms with van der Waals surface area (Å²) in [5, 5.41) is 1.73. The van der Waals surface area contributed by atoms with E-state index in [-0.39, 0.29) is 17.1 Å². The number of Topliss-reactive ketones (excluding diaryl/α,β-unsaturated/α-hetero) is 1. The summed E-state index contributed by atoms with van der Waals surface area (Å²) >= 11 is 8.58. The van der Waals surface area contributed by atoms with Gasteiger partial charge in [-0.2, -0.15) is 0 Å². The van der Waals surface area contributed by atoms with E-state index in [2.05, 4.69) is 11.6 Å². The van der Waals surface area contributed by atoms with Crippen molar-refractivity contribution in [3.05, 3.63) is 68.8 Å². The van der Waals surface area contributed by atoms with E-state index in [1.54, 1.807) is 34.9 Å². The number of thiophene rings is 1.